The molecule has 2 aromatic heterocycles. The molecule has 1 fully saturated rings. The van der Waals surface area contributed by atoms with Gasteiger partial charge in [-0.25, -0.2) is 0 Å². The van der Waals surface area contributed by atoms with E-state index in [1.54, 1.807) is 25.5 Å². The number of methoxy groups -OCH3 is 1. The lowest BCUT2D eigenvalue weighted by atomic mass is 10.1. The molecule has 1 aliphatic heterocycles. The number of furan rings is 1. The second kappa shape index (κ2) is 8.68. The van der Waals surface area contributed by atoms with Crippen molar-refractivity contribution in [1.29, 1.82) is 0 Å². The van der Waals surface area contributed by atoms with Crippen LogP contribution in [0.25, 0.3) is 6.08 Å². The van der Waals surface area contributed by atoms with E-state index in [2.05, 4.69) is 26.3 Å². The molecular weight excluding hydrogens is 480 g/mol. The molecule has 0 atom stereocenters. The summed E-state index contributed by atoms with van der Waals surface area (Å²) >= 11 is 8.91. The zero-order valence-corrected chi connectivity index (χ0v) is 19.7. The van der Waals surface area contributed by atoms with E-state index >= 15 is 0 Å². The predicted molar refractivity (Wildman–Crippen MR) is 124 cm³/mol. The molecule has 1 amide bonds. The number of amides is 1. The molecule has 1 N–H and O–H groups in total. The van der Waals surface area contributed by atoms with Crippen molar-refractivity contribution < 1.29 is 13.9 Å². The smallest absolute Gasteiger partial charge is 0.276 e. The van der Waals surface area contributed by atoms with Gasteiger partial charge in [0.25, 0.3) is 5.91 Å². The summed E-state index contributed by atoms with van der Waals surface area (Å²) in [6.45, 7) is 4.80. The van der Waals surface area contributed by atoms with E-state index in [0.717, 1.165) is 32.7 Å². The number of carbonyl (C=O) groups is 1. The van der Waals surface area contributed by atoms with Crippen LogP contribution in [0, 0.1) is 13.8 Å². The van der Waals surface area contributed by atoms with Crippen LogP contribution in [0.4, 0.5) is 0 Å². The summed E-state index contributed by atoms with van der Waals surface area (Å²) in [5.41, 5.74) is 4.20. The average Bonchev–Trinajstić information content (AvgIpc) is 3.42. The Balaban J connectivity index is 1.60. The Hall–Kier alpha value is -2.91. The number of nitrogens with one attached hydrogen (secondary N) is 1. The van der Waals surface area contributed by atoms with Gasteiger partial charge in [-0.2, -0.15) is 5.10 Å². The first kappa shape index (κ1) is 21.3. The van der Waals surface area contributed by atoms with Gasteiger partial charge in [-0.15, -0.1) is 0 Å². The average molecular weight is 501 g/mol. The number of hydrogen-bond donors (Lipinski definition) is 1. The second-order valence-corrected chi connectivity index (χ2v) is 8.35. The van der Waals surface area contributed by atoms with Gasteiger partial charge in [0, 0.05) is 5.56 Å². The Kier molecular flexibility index (Phi) is 5.97. The highest BCUT2D eigenvalue weighted by molar-refractivity contribution is 9.10. The van der Waals surface area contributed by atoms with Crippen LogP contribution in [0.1, 0.15) is 28.3 Å². The van der Waals surface area contributed by atoms with Crippen LogP contribution < -0.4 is 10.1 Å². The summed E-state index contributed by atoms with van der Waals surface area (Å²) in [5, 5.41) is 7.94. The van der Waals surface area contributed by atoms with E-state index in [0.29, 0.717) is 23.1 Å². The molecule has 0 bridgehead atoms. The highest BCUT2D eigenvalue weighted by Crippen LogP contribution is 2.26. The van der Waals surface area contributed by atoms with Gasteiger partial charge in [0.05, 0.1) is 42.3 Å². The lowest BCUT2D eigenvalue weighted by Crippen LogP contribution is -2.29. The summed E-state index contributed by atoms with van der Waals surface area (Å²) in [6, 6.07) is 9.37. The highest BCUT2D eigenvalue weighted by atomic mass is 79.9. The van der Waals surface area contributed by atoms with Crippen LogP contribution in [-0.2, 0) is 17.9 Å². The van der Waals surface area contributed by atoms with Gasteiger partial charge in [0.2, 0.25) is 0 Å². The van der Waals surface area contributed by atoms with Gasteiger partial charge in [0.15, 0.2) is 5.11 Å². The third kappa shape index (κ3) is 4.28. The Morgan fingerprint density at radius 1 is 1.29 bits per heavy atom. The maximum Gasteiger partial charge on any atom is 0.276 e. The minimum Gasteiger partial charge on any atom is -0.496 e. The number of ether oxygens (including phenoxy) is 1. The molecule has 160 valence electrons. The van der Waals surface area contributed by atoms with Gasteiger partial charge in [-0.3, -0.25) is 14.4 Å². The molecule has 9 heteroatoms. The number of halogens is 1. The van der Waals surface area contributed by atoms with Crippen molar-refractivity contribution in [3.8, 4) is 5.75 Å². The summed E-state index contributed by atoms with van der Waals surface area (Å²) in [6.07, 6.45) is 3.36. The van der Waals surface area contributed by atoms with Crippen LogP contribution in [0.3, 0.4) is 0 Å². The second-order valence-electron chi connectivity index (χ2n) is 7.17. The minimum atomic E-state index is -0.193. The normalized spacial score (nSPS) is 15.1. The molecule has 1 aliphatic rings. The third-order valence-electron chi connectivity index (χ3n) is 5.09. The Bertz CT molecular complexity index is 1180. The van der Waals surface area contributed by atoms with E-state index in [4.69, 9.17) is 21.4 Å². The van der Waals surface area contributed by atoms with Crippen molar-refractivity contribution >= 4 is 45.2 Å². The van der Waals surface area contributed by atoms with Crippen LogP contribution in [0.2, 0.25) is 0 Å². The van der Waals surface area contributed by atoms with Crippen molar-refractivity contribution in [2.24, 2.45) is 0 Å². The number of nitrogens with zero attached hydrogens (tertiary/aromatic N) is 3. The van der Waals surface area contributed by atoms with Crippen molar-refractivity contribution in [2.45, 2.75) is 26.9 Å². The molecule has 0 aliphatic carbocycles. The molecule has 0 radical (unpaired) electrons. The molecule has 0 saturated carbocycles. The minimum absolute atomic E-state index is 0.193. The number of rotatable bonds is 6. The number of hydrogen-bond acceptors (Lipinski definition) is 5. The van der Waals surface area contributed by atoms with Crippen LogP contribution in [0.15, 0.2) is 51.2 Å². The Morgan fingerprint density at radius 2 is 2.10 bits per heavy atom. The number of carbonyl (C=O) groups excluding carboxylic acids is 1. The summed E-state index contributed by atoms with van der Waals surface area (Å²) in [7, 11) is 1.64. The first-order valence-electron chi connectivity index (χ1n) is 9.60. The van der Waals surface area contributed by atoms with E-state index in [-0.39, 0.29) is 12.5 Å². The van der Waals surface area contributed by atoms with Gasteiger partial charge in [0.1, 0.15) is 17.2 Å². The van der Waals surface area contributed by atoms with E-state index in [9.17, 15) is 4.79 Å². The fourth-order valence-corrected chi connectivity index (χ4v) is 3.98. The van der Waals surface area contributed by atoms with Crippen molar-refractivity contribution in [3.05, 3.63) is 75.0 Å². The number of benzene rings is 1. The molecule has 0 unspecified atom stereocenters. The fraction of sp³-hybridized carbons (Fsp3) is 0.227. The van der Waals surface area contributed by atoms with Gasteiger partial charge in [-0.05, 0) is 77.9 Å². The fourth-order valence-electron chi connectivity index (χ4n) is 3.44. The Labute approximate surface area is 193 Å². The third-order valence-corrected chi connectivity index (χ3v) is 6.56. The van der Waals surface area contributed by atoms with E-state index in [1.165, 1.54) is 4.90 Å². The quantitative estimate of drug-likeness (QED) is 0.404. The van der Waals surface area contributed by atoms with Gasteiger partial charge < -0.3 is 14.5 Å². The highest BCUT2D eigenvalue weighted by Gasteiger charge is 2.31. The molecule has 0 spiro atoms. The number of thiocarbonyl (C=S) groups is 1. The standard InChI is InChI=1S/C22H21BrN4O3S/c1-13-20(23)14(2)27(25-13)11-16-9-15(6-7-19(16)29-3)10-18-21(28)26(22(31)24-18)12-17-5-4-8-30-17/h4-10H,11-12H2,1-3H3,(H,24,31)/b18-10+. The summed E-state index contributed by atoms with van der Waals surface area (Å²) in [5.74, 6) is 1.23. The first-order chi connectivity index (χ1) is 14.9. The molecule has 3 aromatic rings. The predicted octanol–water partition coefficient (Wildman–Crippen LogP) is 4.17. The summed E-state index contributed by atoms with van der Waals surface area (Å²) in [4.78, 5) is 14.3. The van der Waals surface area contributed by atoms with Crippen LogP contribution >= 0.6 is 28.1 Å². The van der Waals surface area contributed by atoms with Crippen molar-refractivity contribution in [3.63, 3.8) is 0 Å². The molecule has 7 nitrogen and oxygen atoms in total. The zero-order valence-electron chi connectivity index (χ0n) is 17.3. The largest absolute Gasteiger partial charge is 0.496 e. The Morgan fingerprint density at radius 3 is 2.74 bits per heavy atom. The number of aromatic nitrogens is 2. The molecule has 31 heavy (non-hydrogen) atoms. The van der Waals surface area contributed by atoms with Gasteiger partial charge in [-0.1, -0.05) is 6.07 Å². The molecule has 4 rings (SSSR count). The summed E-state index contributed by atoms with van der Waals surface area (Å²) < 4.78 is 13.8. The van der Waals surface area contributed by atoms with Crippen LogP contribution in [0.5, 0.6) is 5.75 Å². The van der Waals surface area contributed by atoms with Crippen molar-refractivity contribution in [1.82, 2.24) is 20.0 Å². The van der Waals surface area contributed by atoms with Crippen LogP contribution in [-0.4, -0.2) is 32.8 Å². The monoisotopic (exact) mass is 500 g/mol. The maximum atomic E-state index is 12.9. The SMILES string of the molecule is COc1ccc(/C=C2/NC(=S)N(Cc3ccco3)C2=O)cc1Cn1nc(C)c(Br)c1C. The van der Waals surface area contributed by atoms with Crippen molar-refractivity contribution in [2.75, 3.05) is 7.11 Å². The lowest BCUT2D eigenvalue weighted by Gasteiger charge is -2.12. The lowest BCUT2D eigenvalue weighted by molar-refractivity contribution is -0.122. The molecule has 1 aromatic carbocycles. The maximum absolute atomic E-state index is 12.9. The molecule has 1 saturated heterocycles. The van der Waals surface area contributed by atoms with E-state index < -0.39 is 0 Å². The molecule has 3 heterocycles. The number of aryl methyl sites for hydroxylation is 1. The van der Waals surface area contributed by atoms with Gasteiger partial charge >= 0.3 is 0 Å². The van der Waals surface area contributed by atoms with E-state index in [1.807, 2.05) is 42.8 Å². The first-order valence-corrected chi connectivity index (χ1v) is 10.8. The zero-order chi connectivity index (χ0) is 22.1. The topological polar surface area (TPSA) is 72.5 Å². The molecular formula is C22H21BrN4O3S.